The van der Waals surface area contributed by atoms with Crippen LogP contribution in [0.15, 0.2) is 23.2 Å². The molecule has 0 radical (unpaired) electrons. The van der Waals surface area contributed by atoms with E-state index < -0.39 is 9.84 Å². The number of halogens is 1. The van der Waals surface area contributed by atoms with E-state index in [1.54, 1.807) is 14.0 Å². The Bertz CT molecular complexity index is 696. The van der Waals surface area contributed by atoms with Gasteiger partial charge in [0.05, 0.1) is 25.0 Å². The molecular weight excluding hydrogens is 481 g/mol. The van der Waals surface area contributed by atoms with Crippen molar-refractivity contribution in [1.82, 2.24) is 10.6 Å². The van der Waals surface area contributed by atoms with Crippen molar-refractivity contribution in [2.75, 3.05) is 38.3 Å². The fraction of sp³-hybridized carbons (Fsp3) is 0.611. The second-order valence-corrected chi connectivity index (χ2v) is 8.15. The summed E-state index contributed by atoms with van der Waals surface area (Å²) in [5, 5.41) is 6.29. The molecule has 2 N–H and O–H groups in total. The third kappa shape index (κ3) is 9.00. The molecular formula is C18H32IN3O4S. The second kappa shape index (κ2) is 13.0. The summed E-state index contributed by atoms with van der Waals surface area (Å²) in [4.78, 5) is 4.15. The standard InChI is InChI=1S/C18H31N3O4S.HI/c1-6-24-16-10-9-15(13-17(16)25-7-2)14(4)21-18(19-5)20-11-12-26(22,23)8-3;/h9-10,13-14H,6-8,11-12H2,1-5H3,(H2,19,20,21);1H. The maximum absolute atomic E-state index is 11.6. The largest absolute Gasteiger partial charge is 0.490 e. The molecule has 0 aliphatic rings. The van der Waals surface area contributed by atoms with Gasteiger partial charge >= 0.3 is 0 Å². The Kier molecular flexibility index (Phi) is 12.4. The van der Waals surface area contributed by atoms with E-state index >= 15 is 0 Å². The Hall–Kier alpha value is -1.23. The van der Waals surface area contributed by atoms with Crippen molar-refractivity contribution in [1.29, 1.82) is 0 Å². The van der Waals surface area contributed by atoms with E-state index in [1.807, 2.05) is 39.0 Å². The van der Waals surface area contributed by atoms with E-state index in [-0.39, 0.29) is 41.5 Å². The minimum absolute atomic E-state index is 0. The average Bonchev–Trinajstić information content (AvgIpc) is 2.62. The highest BCUT2D eigenvalue weighted by Gasteiger charge is 2.13. The van der Waals surface area contributed by atoms with Crippen molar-refractivity contribution >= 4 is 39.8 Å². The van der Waals surface area contributed by atoms with Gasteiger partial charge in [0.25, 0.3) is 0 Å². The Morgan fingerprint density at radius 2 is 1.78 bits per heavy atom. The molecule has 0 saturated heterocycles. The number of rotatable bonds is 10. The fourth-order valence-electron chi connectivity index (χ4n) is 2.29. The summed E-state index contributed by atoms with van der Waals surface area (Å²) < 4.78 is 34.4. The van der Waals surface area contributed by atoms with Gasteiger partial charge < -0.3 is 20.1 Å². The zero-order valence-corrected chi connectivity index (χ0v) is 19.9. The average molecular weight is 513 g/mol. The number of guanidine groups is 1. The van der Waals surface area contributed by atoms with Gasteiger partial charge in [-0.15, -0.1) is 24.0 Å². The monoisotopic (exact) mass is 513 g/mol. The highest BCUT2D eigenvalue weighted by Crippen LogP contribution is 2.30. The van der Waals surface area contributed by atoms with Crippen molar-refractivity contribution in [3.8, 4) is 11.5 Å². The Labute approximate surface area is 180 Å². The molecule has 27 heavy (non-hydrogen) atoms. The molecule has 9 heteroatoms. The first-order chi connectivity index (χ1) is 12.4. The minimum atomic E-state index is -3.00. The summed E-state index contributed by atoms with van der Waals surface area (Å²) >= 11 is 0. The molecule has 0 aliphatic heterocycles. The highest BCUT2D eigenvalue weighted by atomic mass is 127. The van der Waals surface area contributed by atoms with Gasteiger partial charge in [-0.05, 0) is 38.5 Å². The number of nitrogens with zero attached hydrogens (tertiary/aromatic N) is 1. The van der Waals surface area contributed by atoms with Crippen LogP contribution in [0.2, 0.25) is 0 Å². The number of nitrogens with one attached hydrogen (secondary N) is 2. The smallest absolute Gasteiger partial charge is 0.191 e. The molecule has 7 nitrogen and oxygen atoms in total. The fourth-order valence-corrected chi connectivity index (χ4v) is 2.99. The molecule has 0 bridgehead atoms. The summed E-state index contributed by atoms with van der Waals surface area (Å²) in [6, 6.07) is 5.77. The normalized spacial score (nSPS) is 12.7. The second-order valence-electron chi connectivity index (χ2n) is 5.67. The van der Waals surface area contributed by atoms with Crippen LogP contribution >= 0.6 is 24.0 Å². The van der Waals surface area contributed by atoms with E-state index in [0.29, 0.717) is 31.5 Å². The van der Waals surface area contributed by atoms with Crippen LogP contribution in [0.1, 0.15) is 39.3 Å². The number of hydrogen-bond acceptors (Lipinski definition) is 5. The third-order valence-electron chi connectivity index (χ3n) is 3.79. The predicted octanol–water partition coefficient (Wildman–Crippen LogP) is 2.76. The van der Waals surface area contributed by atoms with E-state index in [1.165, 1.54) is 0 Å². The van der Waals surface area contributed by atoms with Crippen LogP contribution in [0, 0.1) is 0 Å². The minimum Gasteiger partial charge on any atom is -0.490 e. The lowest BCUT2D eigenvalue weighted by Crippen LogP contribution is -2.40. The first-order valence-corrected chi connectivity index (χ1v) is 10.8. The van der Waals surface area contributed by atoms with Crippen molar-refractivity contribution in [3.63, 3.8) is 0 Å². The maximum atomic E-state index is 11.6. The predicted molar refractivity (Wildman–Crippen MR) is 121 cm³/mol. The molecule has 0 heterocycles. The van der Waals surface area contributed by atoms with Crippen molar-refractivity contribution in [3.05, 3.63) is 23.8 Å². The van der Waals surface area contributed by atoms with E-state index in [9.17, 15) is 8.42 Å². The van der Waals surface area contributed by atoms with Crippen molar-refractivity contribution < 1.29 is 17.9 Å². The molecule has 0 saturated carbocycles. The number of sulfone groups is 1. The molecule has 0 amide bonds. The van der Waals surface area contributed by atoms with Gasteiger partial charge in [-0.1, -0.05) is 13.0 Å². The number of benzene rings is 1. The molecule has 1 aromatic carbocycles. The molecule has 1 atom stereocenters. The molecule has 0 spiro atoms. The lowest BCUT2D eigenvalue weighted by molar-refractivity contribution is 0.287. The van der Waals surface area contributed by atoms with Gasteiger partial charge in [0.2, 0.25) is 0 Å². The molecule has 1 unspecified atom stereocenters. The van der Waals surface area contributed by atoms with Crippen molar-refractivity contribution in [2.24, 2.45) is 4.99 Å². The molecule has 0 aromatic heterocycles. The van der Waals surface area contributed by atoms with E-state index in [2.05, 4.69) is 15.6 Å². The van der Waals surface area contributed by atoms with E-state index in [0.717, 1.165) is 11.3 Å². The summed E-state index contributed by atoms with van der Waals surface area (Å²) in [6.07, 6.45) is 0. The van der Waals surface area contributed by atoms with Crippen LogP contribution in [-0.2, 0) is 9.84 Å². The first kappa shape index (κ1) is 25.8. The molecule has 0 fully saturated rings. The van der Waals surface area contributed by atoms with Gasteiger partial charge in [0.1, 0.15) is 0 Å². The van der Waals surface area contributed by atoms with Crippen LogP contribution in [-0.4, -0.2) is 52.7 Å². The Balaban J connectivity index is 0.00000676. The van der Waals surface area contributed by atoms with Crippen LogP contribution in [0.25, 0.3) is 0 Å². The van der Waals surface area contributed by atoms with Gasteiger partial charge in [-0.2, -0.15) is 0 Å². The Morgan fingerprint density at radius 1 is 1.15 bits per heavy atom. The van der Waals surface area contributed by atoms with Crippen LogP contribution in [0.4, 0.5) is 0 Å². The summed E-state index contributed by atoms with van der Waals surface area (Å²) in [7, 11) is -1.35. The SMILES string of the molecule is CCOc1ccc(C(C)NC(=NC)NCCS(=O)(=O)CC)cc1OCC.I. The van der Waals surface area contributed by atoms with Gasteiger partial charge in [0.15, 0.2) is 27.3 Å². The third-order valence-corrected chi connectivity index (χ3v) is 5.50. The number of aliphatic imine (C=N–C) groups is 1. The van der Waals surface area contributed by atoms with Gasteiger partial charge in [-0.25, -0.2) is 8.42 Å². The van der Waals surface area contributed by atoms with Gasteiger partial charge in [-0.3, -0.25) is 4.99 Å². The number of hydrogen-bond donors (Lipinski definition) is 2. The number of ether oxygens (including phenoxy) is 2. The zero-order valence-electron chi connectivity index (χ0n) is 16.7. The molecule has 1 aromatic rings. The van der Waals surface area contributed by atoms with Crippen LogP contribution < -0.4 is 20.1 Å². The summed E-state index contributed by atoms with van der Waals surface area (Å²) in [5.41, 5.74) is 1.01. The maximum Gasteiger partial charge on any atom is 0.191 e. The highest BCUT2D eigenvalue weighted by molar-refractivity contribution is 14.0. The zero-order chi connectivity index (χ0) is 19.6. The summed E-state index contributed by atoms with van der Waals surface area (Å²) in [6.45, 7) is 8.96. The summed E-state index contributed by atoms with van der Waals surface area (Å²) in [5.74, 6) is 2.20. The van der Waals surface area contributed by atoms with E-state index in [4.69, 9.17) is 9.47 Å². The van der Waals surface area contributed by atoms with Crippen LogP contribution in [0.5, 0.6) is 11.5 Å². The molecule has 1 rings (SSSR count). The first-order valence-electron chi connectivity index (χ1n) is 8.93. The lowest BCUT2D eigenvalue weighted by atomic mass is 10.1. The topological polar surface area (TPSA) is 89.0 Å². The Morgan fingerprint density at radius 3 is 2.33 bits per heavy atom. The molecule has 156 valence electrons. The quantitative estimate of drug-likeness (QED) is 0.284. The molecule has 0 aliphatic carbocycles. The lowest BCUT2D eigenvalue weighted by Gasteiger charge is -2.20. The van der Waals surface area contributed by atoms with Crippen LogP contribution in [0.3, 0.4) is 0 Å². The van der Waals surface area contributed by atoms with Gasteiger partial charge in [0, 0.05) is 19.3 Å². The van der Waals surface area contributed by atoms with Crippen molar-refractivity contribution in [2.45, 2.75) is 33.7 Å².